The van der Waals surface area contributed by atoms with Crippen molar-refractivity contribution in [2.24, 2.45) is 5.92 Å². The average Bonchev–Trinajstić information content (AvgIpc) is 3.68. The highest BCUT2D eigenvalue weighted by molar-refractivity contribution is 8.01. The highest BCUT2D eigenvalue weighted by Gasteiger charge is 2.51. The summed E-state index contributed by atoms with van der Waals surface area (Å²) >= 11 is 0.908. The van der Waals surface area contributed by atoms with Crippen LogP contribution < -0.4 is 0 Å². The summed E-state index contributed by atoms with van der Waals surface area (Å²) in [7, 11) is 1.69. The maximum Gasteiger partial charge on any atom is 0.238 e. The minimum Gasteiger partial charge on any atom is -0.394 e. The fourth-order valence-corrected chi connectivity index (χ4v) is 7.74. The lowest BCUT2D eigenvalue weighted by atomic mass is 9.89. The lowest BCUT2D eigenvalue weighted by molar-refractivity contribution is -0.179. The van der Waals surface area contributed by atoms with E-state index in [0.29, 0.717) is 12.5 Å². The zero-order valence-electron chi connectivity index (χ0n) is 23.7. The molecule has 6 atom stereocenters. The lowest BCUT2D eigenvalue weighted by Gasteiger charge is -2.45. The van der Waals surface area contributed by atoms with Crippen LogP contribution in [0.3, 0.4) is 0 Å². The number of nitrogens with zero attached hydrogens (tertiary/aromatic N) is 4. The first-order chi connectivity index (χ1) is 20.5. The molecule has 238 valence electrons. The third-order valence-electron chi connectivity index (χ3n) is 8.67. The summed E-state index contributed by atoms with van der Waals surface area (Å²) in [5.74, 6) is -4.45. The Kier molecular flexibility index (Phi) is 10.0. The standard InChI is InChI=1S/C28H37F3N4O7S/c1-34(12-15-4-2-3-5-15)26(39)25(28(40)6-8-41-9-7-28)43-27-24(38)22(23(37)20(14-36)42-27)35-13-19(32-33-35)16-10-17(29)21(31)18(30)11-16/h10-11,13,15,20,22-25,27,36-38,40H,2-9,12,14H2,1H3/t20-,22+,23+,24-,25+,27+/m1/s1. The Balaban J connectivity index is 1.41. The molecule has 1 amide bonds. The number of hydrogen-bond donors (Lipinski definition) is 4. The van der Waals surface area contributed by atoms with Crippen LogP contribution in [-0.4, -0.2) is 114 Å². The molecule has 5 rings (SSSR count). The van der Waals surface area contributed by atoms with Crippen LogP contribution in [0.4, 0.5) is 13.2 Å². The normalized spacial score (nSPS) is 28.6. The highest BCUT2D eigenvalue weighted by atomic mass is 32.2. The third kappa shape index (κ3) is 6.72. The number of ether oxygens (including phenoxy) is 2. The molecule has 15 heteroatoms. The number of aliphatic hydroxyl groups excluding tert-OH is 3. The first kappa shape index (κ1) is 32.1. The molecule has 11 nitrogen and oxygen atoms in total. The van der Waals surface area contributed by atoms with Gasteiger partial charge in [0.25, 0.3) is 0 Å². The molecule has 0 bridgehead atoms. The van der Waals surface area contributed by atoms with Crippen LogP contribution in [0.5, 0.6) is 0 Å². The first-order valence-electron chi connectivity index (χ1n) is 14.4. The molecule has 0 unspecified atom stereocenters. The maximum atomic E-state index is 13.9. The predicted octanol–water partition coefficient (Wildman–Crippen LogP) is 1.63. The fraction of sp³-hybridized carbons (Fsp3) is 0.679. The Bertz CT molecular complexity index is 1250. The van der Waals surface area contributed by atoms with E-state index in [1.54, 1.807) is 11.9 Å². The minimum atomic E-state index is -1.64. The van der Waals surface area contributed by atoms with E-state index in [1.807, 2.05) is 0 Å². The molecule has 0 spiro atoms. The number of benzene rings is 1. The molecule has 3 fully saturated rings. The molecule has 0 radical (unpaired) electrons. The summed E-state index contributed by atoms with van der Waals surface area (Å²) in [6.07, 6.45) is 1.60. The van der Waals surface area contributed by atoms with Gasteiger partial charge in [-0.05, 0) is 30.9 Å². The molecule has 2 saturated heterocycles. The van der Waals surface area contributed by atoms with Crippen molar-refractivity contribution in [2.75, 3.05) is 33.4 Å². The van der Waals surface area contributed by atoms with Gasteiger partial charge in [0, 0.05) is 45.2 Å². The quantitative estimate of drug-likeness (QED) is 0.301. The van der Waals surface area contributed by atoms with E-state index in [4.69, 9.17) is 9.47 Å². The maximum absolute atomic E-state index is 13.9. The van der Waals surface area contributed by atoms with Gasteiger partial charge in [-0.25, -0.2) is 17.9 Å². The summed E-state index contributed by atoms with van der Waals surface area (Å²) < 4.78 is 53.5. The van der Waals surface area contributed by atoms with Crippen molar-refractivity contribution in [1.82, 2.24) is 19.9 Å². The second kappa shape index (κ2) is 13.4. The molecule has 1 saturated carbocycles. The lowest BCUT2D eigenvalue weighted by Crippen LogP contribution is -2.58. The highest BCUT2D eigenvalue weighted by Crippen LogP contribution is 2.42. The molecule has 2 aromatic rings. The Morgan fingerprint density at radius 3 is 2.44 bits per heavy atom. The number of hydrogen-bond acceptors (Lipinski definition) is 10. The van der Waals surface area contributed by atoms with Crippen LogP contribution in [0.2, 0.25) is 0 Å². The Morgan fingerprint density at radius 2 is 1.81 bits per heavy atom. The van der Waals surface area contributed by atoms with Gasteiger partial charge in [-0.15, -0.1) is 16.9 Å². The van der Waals surface area contributed by atoms with E-state index >= 15 is 0 Å². The van der Waals surface area contributed by atoms with Crippen LogP contribution in [0.15, 0.2) is 18.3 Å². The summed E-state index contributed by atoms with van der Waals surface area (Å²) in [5, 5.41) is 50.9. The number of carbonyl (C=O) groups is 1. The predicted molar refractivity (Wildman–Crippen MR) is 148 cm³/mol. The van der Waals surface area contributed by atoms with Crippen LogP contribution >= 0.6 is 11.8 Å². The topological polar surface area (TPSA) is 150 Å². The monoisotopic (exact) mass is 630 g/mol. The first-order valence-corrected chi connectivity index (χ1v) is 15.4. The van der Waals surface area contributed by atoms with E-state index in [0.717, 1.165) is 54.3 Å². The molecule has 3 heterocycles. The van der Waals surface area contributed by atoms with Crippen molar-refractivity contribution >= 4 is 17.7 Å². The Morgan fingerprint density at radius 1 is 1.16 bits per heavy atom. The van der Waals surface area contributed by atoms with Gasteiger partial charge in [0.2, 0.25) is 5.91 Å². The van der Waals surface area contributed by atoms with E-state index in [1.165, 1.54) is 6.20 Å². The SMILES string of the molecule is CN(CC1CCCC1)C(=O)[C@H](S[C@@H]1O[C@H](CO)[C@H](O)[C@H](n2cc(-c3cc(F)c(F)c(F)c3)nn2)[C@H]1O)C1(O)CCOCC1. The molecule has 2 aliphatic heterocycles. The molecular weight excluding hydrogens is 593 g/mol. The number of thioether (sulfide) groups is 1. The van der Waals surface area contributed by atoms with Gasteiger partial charge in [-0.2, -0.15) is 0 Å². The molecular formula is C28H37F3N4O7S. The summed E-state index contributed by atoms with van der Waals surface area (Å²) in [6.45, 7) is 0.376. The summed E-state index contributed by atoms with van der Waals surface area (Å²) in [6, 6.07) is 0.216. The van der Waals surface area contributed by atoms with Gasteiger partial charge in [0.1, 0.15) is 40.7 Å². The second-order valence-electron chi connectivity index (χ2n) is 11.6. The Hall–Kier alpha value is -2.27. The van der Waals surface area contributed by atoms with Crippen LogP contribution in [0.1, 0.15) is 44.6 Å². The number of aliphatic hydroxyl groups is 4. The van der Waals surface area contributed by atoms with Gasteiger partial charge in [0.15, 0.2) is 17.5 Å². The molecule has 3 aliphatic rings. The Labute approximate surface area is 251 Å². The van der Waals surface area contributed by atoms with Crippen LogP contribution in [0.25, 0.3) is 11.3 Å². The van der Waals surface area contributed by atoms with Gasteiger partial charge in [-0.3, -0.25) is 4.79 Å². The minimum absolute atomic E-state index is 0.0634. The smallest absolute Gasteiger partial charge is 0.238 e. The van der Waals surface area contributed by atoms with Crippen molar-refractivity contribution in [2.45, 2.75) is 79.2 Å². The van der Waals surface area contributed by atoms with Crippen LogP contribution in [0, 0.1) is 23.4 Å². The number of amides is 1. The second-order valence-corrected chi connectivity index (χ2v) is 12.8. The number of rotatable bonds is 9. The molecule has 1 aromatic heterocycles. The third-order valence-corrected chi connectivity index (χ3v) is 10.2. The molecule has 1 aliphatic carbocycles. The number of aromatic nitrogens is 3. The summed E-state index contributed by atoms with van der Waals surface area (Å²) in [5.41, 5.74) is -2.86. The molecule has 4 N–H and O–H groups in total. The molecule has 1 aromatic carbocycles. The zero-order chi connectivity index (χ0) is 30.9. The molecule has 43 heavy (non-hydrogen) atoms. The van der Waals surface area contributed by atoms with Crippen molar-refractivity contribution in [1.29, 1.82) is 0 Å². The van der Waals surface area contributed by atoms with Crippen molar-refractivity contribution in [3.63, 3.8) is 0 Å². The van der Waals surface area contributed by atoms with Gasteiger partial charge in [0.05, 0.1) is 18.4 Å². The summed E-state index contributed by atoms with van der Waals surface area (Å²) in [4.78, 5) is 15.5. The van der Waals surface area contributed by atoms with Crippen molar-refractivity contribution in [3.8, 4) is 11.3 Å². The van der Waals surface area contributed by atoms with E-state index in [2.05, 4.69) is 10.3 Å². The number of halogens is 3. The fourth-order valence-electron chi connectivity index (χ4n) is 6.16. The van der Waals surface area contributed by atoms with E-state index in [9.17, 15) is 38.4 Å². The van der Waals surface area contributed by atoms with Crippen molar-refractivity contribution in [3.05, 3.63) is 35.8 Å². The van der Waals surface area contributed by atoms with Crippen LogP contribution in [-0.2, 0) is 14.3 Å². The van der Waals surface area contributed by atoms with Crippen molar-refractivity contribution < 1.29 is 47.9 Å². The van der Waals surface area contributed by atoms with Gasteiger partial charge in [-0.1, -0.05) is 18.1 Å². The number of carbonyl (C=O) groups excluding carboxylic acids is 1. The van der Waals surface area contributed by atoms with Gasteiger partial charge >= 0.3 is 0 Å². The van der Waals surface area contributed by atoms with E-state index < -0.39 is 64.7 Å². The van der Waals surface area contributed by atoms with Gasteiger partial charge < -0.3 is 34.8 Å². The average molecular weight is 631 g/mol. The zero-order valence-corrected chi connectivity index (χ0v) is 24.5. The largest absolute Gasteiger partial charge is 0.394 e. The van der Waals surface area contributed by atoms with E-state index in [-0.39, 0.29) is 43.2 Å².